The van der Waals surface area contributed by atoms with Crippen LogP contribution in [0.1, 0.15) is 22.3 Å². The fourth-order valence-corrected chi connectivity index (χ4v) is 2.98. The summed E-state index contributed by atoms with van der Waals surface area (Å²) in [6.07, 6.45) is 3.88. The fraction of sp³-hybridized carbons (Fsp3) is 0.211. The topological polar surface area (TPSA) is 17.8 Å². The molecule has 115 valence electrons. The zero-order valence-electron chi connectivity index (χ0n) is 13.3. The summed E-state index contributed by atoms with van der Waals surface area (Å²) in [5, 5.41) is 0. The van der Waals surface area contributed by atoms with Gasteiger partial charge in [-0.15, -0.1) is 35.4 Å². The minimum absolute atomic E-state index is 0. The van der Waals surface area contributed by atoms with Crippen molar-refractivity contribution in [1.29, 1.82) is 0 Å². The summed E-state index contributed by atoms with van der Waals surface area (Å²) in [7, 11) is 0. The Morgan fingerprint density at radius 1 is 1.00 bits per heavy atom. The van der Waals surface area contributed by atoms with Gasteiger partial charge in [0.1, 0.15) is 0 Å². The van der Waals surface area contributed by atoms with Crippen LogP contribution in [0.25, 0.3) is 17.1 Å². The second kappa shape index (κ2) is 6.60. The first-order valence-corrected chi connectivity index (χ1v) is 7.17. The smallest absolute Gasteiger partial charge is 0.0605 e. The van der Waals surface area contributed by atoms with Crippen molar-refractivity contribution in [3.8, 4) is 17.1 Å². The SMILES string of the molecule is Cc1cc(C)c(-n2ccnc2-c2[c-]cccc2C)c(C)c1.[Ir]. The van der Waals surface area contributed by atoms with E-state index in [0.717, 1.165) is 11.4 Å². The molecule has 1 heterocycles. The Balaban J connectivity index is 0.00000176. The van der Waals surface area contributed by atoms with E-state index >= 15 is 0 Å². The summed E-state index contributed by atoms with van der Waals surface area (Å²) >= 11 is 0. The molecular weight excluding hydrogens is 448 g/mol. The van der Waals surface area contributed by atoms with Gasteiger partial charge in [0.05, 0.1) is 5.82 Å². The molecule has 22 heavy (non-hydrogen) atoms. The molecule has 3 aromatic rings. The standard InChI is InChI=1S/C19H19N2.Ir/c1-13-11-15(3)18(16(4)12-13)21-10-9-20-19(21)17-8-6-5-7-14(17)2;/h5-7,9-12H,1-4H3;/q-1;. The van der Waals surface area contributed by atoms with Gasteiger partial charge in [-0.05, 0) is 31.9 Å². The molecule has 2 aromatic carbocycles. The Hall–Kier alpha value is -1.70. The largest absolute Gasteiger partial charge is 0.340 e. The van der Waals surface area contributed by atoms with Gasteiger partial charge in [0.25, 0.3) is 0 Å². The van der Waals surface area contributed by atoms with Crippen LogP contribution in [0.5, 0.6) is 0 Å². The van der Waals surface area contributed by atoms with Crippen molar-refractivity contribution in [2.24, 2.45) is 0 Å². The Morgan fingerprint density at radius 2 is 1.68 bits per heavy atom. The van der Waals surface area contributed by atoms with Crippen molar-refractivity contribution in [2.75, 3.05) is 0 Å². The molecule has 2 nitrogen and oxygen atoms in total. The Kier molecular flexibility index (Phi) is 5.00. The molecule has 3 rings (SSSR count). The molecule has 0 amide bonds. The predicted octanol–water partition coefficient (Wildman–Crippen LogP) is 4.57. The number of benzene rings is 2. The summed E-state index contributed by atoms with van der Waals surface area (Å²) in [6.45, 7) is 8.54. The number of aromatic nitrogens is 2. The molecule has 0 aliphatic carbocycles. The molecule has 0 aliphatic heterocycles. The summed E-state index contributed by atoms with van der Waals surface area (Å²) in [6, 6.07) is 13.8. The summed E-state index contributed by atoms with van der Waals surface area (Å²) in [4.78, 5) is 4.56. The van der Waals surface area contributed by atoms with E-state index < -0.39 is 0 Å². The maximum absolute atomic E-state index is 4.56. The second-order valence-electron chi connectivity index (χ2n) is 5.60. The van der Waals surface area contributed by atoms with E-state index in [4.69, 9.17) is 0 Å². The van der Waals surface area contributed by atoms with Gasteiger partial charge < -0.3 is 4.57 Å². The van der Waals surface area contributed by atoms with Gasteiger partial charge >= 0.3 is 0 Å². The number of aryl methyl sites for hydroxylation is 4. The zero-order chi connectivity index (χ0) is 15.0. The Bertz CT molecular complexity index is 780. The van der Waals surface area contributed by atoms with Crippen LogP contribution in [0.4, 0.5) is 0 Å². The first-order valence-electron chi connectivity index (χ1n) is 7.17. The molecule has 1 aromatic heterocycles. The molecule has 0 fully saturated rings. The zero-order valence-corrected chi connectivity index (χ0v) is 15.7. The van der Waals surface area contributed by atoms with Crippen LogP contribution in [-0.2, 0) is 20.1 Å². The minimum atomic E-state index is 0. The van der Waals surface area contributed by atoms with Crippen molar-refractivity contribution in [1.82, 2.24) is 9.55 Å². The minimum Gasteiger partial charge on any atom is -0.340 e. The van der Waals surface area contributed by atoms with Gasteiger partial charge in [0.15, 0.2) is 0 Å². The average molecular weight is 468 g/mol. The van der Waals surface area contributed by atoms with E-state index in [9.17, 15) is 0 Å². The van der Waals surface area contributed by atoms with E-state index in [-0.39, 0.29) is 20.1 Å². The van der Waals surface area contributed by atoms with Gasteiger partial charge in [-0.2, -0.15) is 0 Å². The molecule has 1 radical (unpaired) electrons. The van der Waals surface area contributed by atoms with Crippen LogP contribution in [-0.4, -0.2) is 9.55 Å². The van der Waals surface area contributed by atoms with Crippen molar-refractivity contribution in [3.63, 3.8) is 0 Å². The molecule has 0 spiro atoms. The first-order chi connectivity index (χ1) is 10.1. The molecule has 0 atom stereocenters. The van der Waals surface area contributed by atoms with Crippen molar-refractivity contribution in [3.05, 3.63) is 71.0 Å². The van der Waals surface area contributed by atoms with Gasteiger partial charge in [0.2, 0.25) is 0 Å². The second-order valence-corrected chi connectivity index (χ2v) is 5.60. The van der Waals surface area contributed by atoms with Gasteiger partial charge in [-0.25, -0.2) is 0 Å². The van der Waals surface area contributed by atoms with Crippen LogP contribution < -0.4 is 0 Å². The Labute approximate surface area is 145 Å². The van der Waals surface area contributed by atoms with Crippen LogP contribution in [0.2, 0.25) is 0 Å². The third-order valence-electron chi connectivity index (χ3n) is 3.81. The summed E-state index contributed by atoms with van der Waals surface area (Å²) in [5.74, 6) is 0.947. The van der Waals surface area contributed by atoms with Crippen LogP contribution in [0, 0.1) is 33.8 Å². The van der Waals surface area contributed by atoms with Crippen molar-refractivity contribution in [2.45, 2.75) is 27.7 Å². The molecule has 3 heteroatoms. The molecule has 0 N–H and O–H groups in total. The maximum atomic E-state index is 4.56. The average Bonchev–Trinajstić information content (AvgIpc) is 2.87. The summed E-state index contributed by atoms with van der Waals surface area (Å²) in [5.41, 5.74) is 7.28. The number of nitrogens with zero attached hydrogens (tertiary/aromatic N) is 2. The fourth-order valence-electron chi connectivity index (χ4n) is 2.98. The van der Waals surface area contributed by atoms with E-state index in [2.05, 4.69) is 61.5 Å². The Morgan fingerprint density at radius 3 is 2.32 bits per heavy atom. The van der Waals surface area contributed by atoms with Crippen LogP contribution >= 0.6 is 0 Å². The van der Waals surface area contributed by atoms with Crippen molar-refractivity contribution < 1.29 is 20.1 Å². The number of hydrogen-bond acceptors (Lipinski definition) is 1. The third kappa shape index (κ3) is 2.92. The van der Waals surface area contributed by atoms with Crippen LogP contribution in [0.3, 0.4) is 0 Å². The maximum Gasteiger partial charge on any atom is 0.0605 e. The first kappa shape index (κ1) is 16.7. The van der Waals surface area contributed by atoms with Gasteiger partial charge in [-0.3, -0.25) is 4.98 Å². The van der Waals surface area contributed by atoms with Crippen molar-refractivity contribution >= 4 is 0 Å². The van der Waals surface area contributed by atoms with E-state index in [0.29, 0.717) is 0 Å². The summed E-state index contributed by atoms with van der Waals surface area (Å²) < 4.78 is 2.17. The molecule has 0 saturated carbocycles. The van der Waals surface area contributed by atoms with E-state index in [1.807, 2.05) is 24.5 Å². The predicted molar refractivity (Wildman–Crippen MR) is 86.8 cm³/mol. The van der Waals surface area contributed by atoms with E-state index in [1.165, 1.54) is 27.9 Å². The number of imidazole rings is 1. The normalized spacial score (nSPS) is 10.4. The molecule has 0 unspecified atom stereocenters. The quantitative estimate of drug-likeness (QED) is 0.505. The van der Waals surface area contributed by atoms with E-state index in [1.54, 1.807) is 0 Å². The monoisotopic (exact) mass is 468 g/mol. The molecular formula is C19H19IrN2-. The molecule has 0 aliphatic rings. The van der Waals surface area contributed by atoms with Crippen LogP contribution in [0.15, 0.2) is 42.7 Å². The number of hydrogen-bond donors (Lipinski definition) is 0. The number of rotatable bonds is 2. The van der Waals surface area contributed by atoms with Gasteiger partial charge in [0, 0.05) is 38.2 Å². The third-order valence-corrected chi connectivity index (χ3v) is 3.81. The molecule has 0 bridgehead atoms. The van der Waals surface area contributed by atoms with Gasteiger partial charge in [-0.1, -0.05) is 24.6 Å². The molecule has 0 saturated heterocycles.